The molecule has 0 amide bonds. The van der Waals surface area contributed by atoms with E-state index >= 15 is 0 Å². The van der Waals surface area contributed by atoms with Gasteiger partial charge in [-0.1, -0.05) is 13.3 Å². The number of aryl methyl sites for hydroxylation is 2. The van der Waals surface area contributed by atoms with Crippen LogP contribution >= 0.6 is 15.9 Å². The highest BCUT2D eigenvalue weighted by atomic mass is 79.9. The third kappa shape index (κ3) is 1.69. The zero-order chi connectivity index (χ0) is 10.1. The summed E-state index contributed by atoms with van der Waals surface area (Å²) in [7, 11) is 0. The molecular formula is C11H13BrN2. The van der Waals surface area contributed by atoms with E-state index in [1.54, 1.807) is 0 Å². The Hall–Kier alpha value is -0.830. The van der Waals surface area contributed by atoms with Crippen molar-refractivity contribution in [1.29, 1.82) is 0 Å². The molecule has 0 atom stereocenters. The third-order valence-corrected chi connectivity index (χ3v) is 2.69. The van der Waals surface area contributed by atoms with E-state index in [0.717, 1.165) is 23.0 Å². The molecule has 0 bridgehead atoms. The minimum absolute atomic E-state index is 1.05. The number of rotatable bonds is 2. The normalized spacial score (nSPS) is 11.1. The lowest BCUT2D eigenvalue weighted by Gasteiger charge is -1.97. The second-order valence-corrected chi connectivity index (χ2v) is 4.47. The molecule has 0 aliphatic rings. The summed E-state index contributed by atoms with van der Waals surface area (Å²) >= 11 is 3.48. The number of aromatic nitrogens is 2. The van der Waals surface area contributed by atoms with Crippen LogP contribution in [0.1, 0.15) is 24.6 Å². The van der Waals surface area contributed by atoms with Crippen molar-refractivity contribution in [3.8, 4) is 0 Å². The van der Waals surface area contributed by atoms with Gasteiger partial charge in [0.1, 0.15) is 5.65 Å². The van der Waals surface area contributed by atoms with Crippen molar-refractivity contribution in [2.45, 2.75) is 26.7 Å². The first-order valence-corrected chi connectivity index (χ1v) is 5.63. The first-order valence-electron chi connectivity index (χ1n) is 4.84. The molecule has 2 nitrogen and oxygen atoms in total. The van der Waals surface area contributed by atoms with Crippen LogP contribution in [-0.2, 0) is 6.42 Å². The van der Waals surface area contributed by atoms with Crippen molar-refractivity contribution < 1.29 is 0 Å². The summed E-state index contributed by atoms with van der Waals surface area (Å²) in [6.07, 6.45) is 6.36. The monoisotopic (exact) mass is 252 g/mol. The van der Waals surface area contributed by atoms with Gasteiger partial charge in [-0.2, -0.15) is 0 Å². The number of nitrogens with zero attached hydrogens (tertiary/aromatic N) is 2. The summed E-state index contributed by atoms with van der Waals surface area (Å²) < 4.78 is 3.19. The van der Waals surface area contributed by atoms with Crippen LogP contribution in [-0.4, -0.2) is 9.38 Å². The fourth-order valence-corrected chi connectivity index (χ4v) is 2.22. The van der Waals surface area contributed by atoms with E-state index in [-0.39, 0.29) is 0 Å². The van der Waals surface area contributed by atoms with Gasteiger partial charge in [0.2, 0.25) is 0 Å². The molecule has 74 valence electrons. The Labute approximate surface area is 92.1 Å². The standard InChI is InChI=1S/C11H13BrN2/c1-3-4-10-7-14-6-9(12)5-8(2)11(14)13-10/h5-7H,3-4H2,1-2H3. The average molecular weight is 253 g/mol. The molecule has 0 radical (unpaired) electrons. The molecule has 2 rings (SSSR count). The van der Waals surface area contributed by atoms with Crippen molar-refractivity contribution >= 4 is 21.6 Å². The van der Waals surface area contributed by atoms with Crippen molar-refractivity contribution in [2.75, 3.05) is 0 Å². The third-order valence-electron chi connectivity index (χ3n) is 2.26. The Morgan fingerprint density at radius 3 is 2.93 bits per heavy atom. The molecule has 2 aromatic rings. The van der Waals surface area contributed by atoms with E-state index in [1.165, 1.54) is 11.3 Å². The molecule has 0 spiro atoms. The van der Waals surface area contributed by atoms with Crippen LogP contribution in [0.3, 0.4) is 0 Å². The van der Waals surface area contributed by atoms with Gasteiger partial charge >= 0.3 is 0 Å². The number of hydrogen-bond acceptors (Lipinski definition) is 1. The highest BCUT2D eigenvalue weighted by Gasteiger charge is 2.04. The number of imidazole rings is 1. The summed E-state index contributed by atoms with van der Waals surface area (Å²) in [6, 6.07) is 2.10. The number of fused-ring (bicyclic) bond motifs is 1. The van der Waals surface area contributed by atoms with Gasteiger partial charge in [0, 0.05) is 16.9 Å². The summed E-state index contributed by atoms with van der Waals surface area (Å²) in [5.74, 6) is 0. The Balaban J connectivity index is 2.58. The van der Waals surface area contributed by atoms with E-state index in [4.69, 9.17) is 0 Å². The van der Waals surface area contributed by atoms with Gasteiger partial charge in [0.05, 0.1) is 5.69 Å². The lowest BCUT2D eigenvalue weighted by atomic mass is 10.3. The molecule has 14 heavy (non-hydrogen) atoms. The Morgan fingerprint density at radius 2 is 2.21 bits per heavy atom. The maximum absolute atomic E-state index is 4.59. The number of hydrogen-bond donors (Lipinski definition) is 0. The van der Waals surface area contributed by atoms with Crippen molar-refractivity contribution in [2.24, 2.45) is 0 Å². The molecule has 0 fully saturated rings. The zero-order valence-electron chi connectivity index (χ0n) is 8.42. The minimum atomic E-state index is 1.05. The SMILES string of the molecule is CCCc1cn2cc(Br)cc(C)c2n1. The summed E-state index contributed by atoms with van der Waals surface area (Å²) in [6.45, 7) is 4.26. The van der Waals surface area contributed by atoms with Gasteiger partial charge in [-0.25, -0.2) is 4.98 Å². The Bertz CT molecular complexity index is 460. The fourth-order valence-electron chi connectivity index (χ4n) is 1.65. The maximum Gasteiger partial charge on any atom is 0.139 e. The predicted octanol–water partition coefficient (Wildman–Crippen LogP) is 3.36. The van der Waals surface area contributed by atoms with Gasteiger partial charge in [-0.15, -0.1) is 0 Å². The number of pyridine rings is 1. The molecule has 0 saturated carbocycles. The molecule has 0 aliphatic carbocycles. The molecule has 0 unspecified atom stereocenters. The lowest BCUT2D eigenvalue weighted by Crippen LogP contribution is -1.86. The topological polar surface area (TPSA) is 17.3 Å². The second kappa shape index (κ2) is 3.73. The molecule has 0 aliphatic heterocycles. The maximum atomic E-state index is 4.59. The molecule has 0 N–H and O–H groups in total. The molecule has 2 aromatic heterocycles. The van der Waals surface area contributed by atoms with E-state index in [0.29, 0.717) is 0 Å². The largest absolute Gasteiger partial charge is 0.305 e. The summed E-state index contributed by atoms with van der Waals surface area (Å²) in [5.41, 5.74) is 3.45. The van der Waals surface area contributed by atoms with Gasteiger partial charge in [-0.05, 0) is 40.9 Å². The summed E-state index contributed by atoms with van der Waals surface area (Å²) in [5, 5.41) is 0. The Kier molecular flexibility index (Phi) is 2.59. The van der Waals surface area contributed by atoms with Crippen molar-refractivity contribution in [1.82, 2.24) is 9.38 Å². The van der Waals surface area contributed by atoms with E-state index in [9.17, 15) is 0 Å². The number of halogens is 1. The molecule has 0 saturated heterocycles. The minimum Gasteiger partial charge on any atom is -0.305 e. The predicted molar refractivity (Wildman–Crippen MR) is 61.6 cm³/mol. The molecule has 0 aromatic carbocycles. The van der Waals surface area contributed by atoms with E-state index in [1.807, 2.05) is 0 Å². The first kappa shape index (κ1) is 9.71. The van der Waals surface area contributed by atoms with Crippen LogP contribution in [0.15, 0.2) is 22.9 Å². The van der Waals surface area contributed by atoms with Gasteiger partial charge < -0.3 is 4.40 Å². The Morgan fingerprint density at radius 1 is 1.43 bits per heavy atom. The van der Waals surface area contributed by atoms with Gasteiger partial charge in [0.25, 0.3) is 0 Å². The average Bonchev–Trinajstić information content (AvgIpc) is 2.48. The van der Waals surface area contributed by atoms with Crippen LogP contribution in [0, 0.1) is 6.92 Å². The smallest absolute Gasteiger partial charge is 0.139 e. The molecule has 2 heterocycles. The second-order valence-electron chi connectivity index (χ2n) is 3.55. The lowest BCUT2D eigenvalue weighted by molar-refractivity contribution is 0.893. The van der Waals surface area contributed by atoms with Crippen LogP contribution in [0.4, 0.5) is 0 Å². The van der Waals surface area contributed by atoms with Crippen LogP contribution in [0.25, 0.3) is 5.65 Å². The van der Waals surface area contributed by atoms with Gasteiger partial charge in [0.15, 0.2) is 0 Å². The first-order chi connectivity index (χ1) is 6.70. The molecule has 3 heteroatoms. The highest BCUT2D eigenvalue weighted by molar-refractivity contribution is 9.10. The molecular weight excluding hydrogens is 240 g/mol. The summed E-state index contributed by atoms with van der Waals surface area (Å²) in [4.78, 5) is 4.59. The van der Waals surface area contributed by atoms with Crippen LogP contribution in [0.2, 0.25) is 0 Å². The van der Waals surface area contributed by atoms with Crippen LogP contribution in [0.5, 0.6) is 0 Å². The zero-order valence-corrected chi connectivity index (χ0v) is 10.0. The van der Waals surface area contributed by atoms with Crippen molar-refractivity contribution in [3.63, 3.8) is 0 Å². The van der Waals surface area contributed by atoms with Crippen molar-refractivity contribution in [3.05, 3.63) is 34.2 Å². The quantitative estimate of drug-likeness (QED) is 0.802. The van der Waals surface area contributed by atoms with E-state index < -0.39 is 0 Å². The highest BCUT2D eigenvalue weighted by Crippen LogP contribution is 2.17. The van der Waals surface area contributed by atoms with E-state index in [2.05, 4.69) is 57.6 Å². The van der Waals surface area contributed by atoms with Crippen LogP contribution < -0.4 is 0 Å². The van der Waals surface area contributed by atoms with Gasteiger partial charge in [-0.3, -0.25) is 0 Å². The fraction of sp³-hybridized carbons (Fsp3) is 0.364.